The van der Waals surface area contributed by atoms with Crippen LogP contribution in [0.1, 0.15) is 53.6 Å². The van der Waals surface area contributed by atoms with Gasteiger partial charge in [0.15, 0.2) is 5.75 Å². The summed E-state index contributed by atoms with van der Waals surface area (Å²) >= 11 is 0. The Morgan fingerprint density at radius 1 is 0.921 bits per heavy atom. The highest BCUT2D eigenvalue weighted by atomic mass is 16.5. The smallest absolute Gasteiger partial charge is 0.256 e. The van der Waals surface area contributed by atoms with E-state index in [1.807, 2.05) is 73.5 Å². The van der Waals surface area contributed by atoms with Crippen molar-refractivity contribution in [2.45, 2.75) is 52.0 Å². The van der Waals surface area contributed by atoms with E-state index in [9.17, 15) is 4.79 Å². The number of rotatable bonds is 10. The Kier molecular flexibility index (Phi) is 7.82. The van der Waals surface area contributed by atoms with Crippen LogP contribution in [0.4, 0.5) is 11.4 Å². The summed E-state index contributed by atoms with van der Waals surface area (Å²) in [5.41, 5.74) is 10.2. The van der Waals surface area contributed by atoms with Crippen LogP contribution in [0.2, 0.25) is 0 Å². The molecule has 0 saturated carbocycles. The van der Waals surface area contributed by atoms with Crippen LogP contribution >= 0.6 is 0 Å². The molecular formula is C31H35N3O4. The van der Waals surface area contributed by atoms with Crippen molar-refractivity contribution in [3.05, 3.63) is 71.3 Å². The van der Waals surface area contributed by atoms with Crippen LogP contribution in [-0.4, -0.2) is 42.8 Å². The van der Waals surface area contributed by atoms with Gasteiger partial charge in [0.2, 0.25) is 0 Å². The molecule has 0 spiro atoms. The molecule has 2 heterocycles. The zero-order chi connectivity index (χ0) is 26.5. The highest BCUT2D eigenvalue weighted by Gasteiger charge is 2.32. The van der Waals surface area contributed by atoms with Gasteiger partial charge in [-0.2, -0.15) is 0 Å². The van der Waals surface area contributed by atoms with Crippen molar-refractivity contribution in [1.82, 2.24) is 4.90 Å². The lowest BCUT2D eigenvalue weighted by atomic mass is 10.1. The van der Waals surface area contributed by atoms with E-state index in [2.05, 4.69) is 4.99 Å². The number of nitrogens with zero attached hydrogens (tertiary/aromatic N) is 2. The van der Waals surface area contributed by atoms with Crippen LogP contribution in [0.25, 0.3) is 0 Å². The van der Waals surface area contributed by atoms with Gasteiger partial charge in [-0.05, 0) is 81.8 Å². The summed E-state index contributed by atoms with van der Waals surface area (Å²) in [5, 5.41) is 0. The first-order valence-corrected chi connectivity index (χ1v) is 13.4. The van der Waals surface area contributed by atoms with E-state index in [4.69, 9.17) is 19.9 Å². The number of ether oxygens (including phenoxy) is 3. The molecule has 0 aliphatic carbocycles. The van der Waals surface area contributed by atoms with Gasteiger partial charge >= 0.3 is 0 Å². The molecule has 3 aromatic carbocycles. The number of nitrogen functional groups attached to an aromatic ring is 1. The quantitative estimate of drug-likeness (QED) is 0.243. The number of aliphatic imine (C=N–C) groups is 1. The molecule has 198 valence electrons. The lowest BCUT2D eigenvalue weighted by molar-refractivity contribution is 0.0774. The number of anilines is 1. The molecule has 0 bridgehead atoms. The van der Waals surface area contributed by atoms with Crippen molar-refractivity contribution < 1.29 is 19.0 Å². The standard InChI is InChI=1S/C31H35N3O4/c1-21-8-10-24(11-9-21)38-30-18-25(12-13-27(30)32)36-15-4-3-5-16-37-29-19-28-26(17-22(29)2)31(35)34-14-6-7-23(34)20-33-28/h8-13,17-20,23H,3-7,14-16,32H2,1-2H3/t23-/m0/s1. The van der Waals surface area contributed by atoms with Crippen molar-refractivity contribution in [2.75, 3.05) is 25.5 Å². The summed E-state index contributed by atoms with van der Waals surface area (Å²) in [4.78, 5) is 19.5. The first-order valence-electron chi connectivity index (χ1n) is 13.4. The first-order chi connectivity index (χ1) is 18.5. The van der Waals surface area contributed by atoms with Crippen LogP contribution in [0.5, 0.6) is 23.0 Å². The van der Waals surface area contributed by atoms with E-state index >= 15 is 0 Å². The fourth-order valence-corrected chi connectivity index (χ4v) is 4.81. The number of hydrogen-bond acceptors (Lipinski definition) is 6. The third kappa shape index (κ3) is 5.93. The van der Waals surface area contributed by atoms with Crippen LogP contribution < -0.4 is 19.9 Å². The molecular weight excluding hydrogens is 478 g/mol. The first kappa shape index (κ1) is 25.6. The number of aryl methyl sites for hydroxylation is 2. The minimum Gasteiger partial charge on any atom is -0.493 e. The molecule has 0 radical (unpaired) electrons. The molecule has 2 aliphatic rings. The molecule has 1 fully saturated rings. The minimum atomic E-state index is 0.0737. The summed E-state index contributed by atoms with van der Waals surface area (Å²) in [6.45, 7) is 6.02. The Morgan fingerprint density at radius 3 is 2.50 bits per heavy atom. The molecule has 7 heteroatoms. The molecule has 2 N–H and O–H groups in total. The van der Waals surface area contributed by atoms with Gasteiger partial charge in [0.1, 0.15) is 17.2 Å². The molecule has 1 amide bonds. The fourth-order valence-electron chi connectivity index (χ4n) is 4.81. The number of unbranched alkanes of at least 4 members (excludes halogenated alkanes) is 2. The molecule has 3 aromatic rings. The molecule has 0 unspecified atom stereocenters. The van der Waals surface area contributed by atoms with Crippen LogP contribution in [0, 0.1) is 13.8 Å². The molecule has 2 aliphatic heterocycles. The summed E-state index contributed by atoms with van der Waals surface area (Å²) in [7, 11) is 0. The maximum Gasteiger partial charge on any atom is 0.256 e. The Morgan fingerprint density at radius 2 is 1.68 bits per heavy atom. The fraction of sp³-hybridized carbons (Fsp3) is 0.355. The second-order valence-corrected chi connectivity index (χ2v) is 9.99. The number of benzene rings is 3. The van der Waals surface area contributed by atoms with Crippen molar-refractivity contribution in [1.29, 1.82) is 0 Å². The number of carbonyl (C=O) groups is 1. The minimum absolute atomic E-state index is 0.0737. The SMILES string of the molecule is Cc1ccc(Oc2cc(OCCCCCOc3cc4c(cc3C)C(=O)N3CCC[C@H]3C=N4)ccc2N)cc1. The monoisotopic (exact) mass is 513 g/mol. The lowest BCUT2D eigenvalue weighted by Gasteiger charge is -2.20. The zero-order valence-electron chi connectivity index (χ0n) is 22.1. The predicted molar refractivity (Wildman–Crippen MR) is 150 cm³/mol. The van der Waals surface area contributed by atoms with Gasteiger partial charge in [0.05, 0.1) is 36.2 Å². The summed E-state index contributed by atoms with van der Waals surface area (Å²) < 4.78 is 17.9. The average Bonchev–Trinajstić information content (AvgIpc) is 3.35. The second-order valence-electron chi connectivity index (χ2n) is 9.99. The Labute approximate surface area is 224 Å². The van der Waals surface area contributed by atoms with E-state index in [0.717, 1.165) is 61.5 Å². The second kappa shape index (κ2) is 11.6. The van der Waals surface area contributed by atoms with Gasteiger partial charge in [0, 0.05) is 24.9 Å². The van der Waals surface area contributed by atoms with Gasteiger partial charge in [-0.3, -0.25) is 9.79 Å². The molecule has 7 nitrogen and oxygen atoms in total. The average molecular weight is 514 g/mol. The normalized spacial score (nSPS) is 16.1. The molecule has 38 heavy (non-hydrogen) atoms. The Hall–Kier alpha value is -4.00. The maximum atomic E-state index is 13.0. The van der Waals surface area contributed by atoms with Crippen molar-refractivity contribution >= 4 is 23.5 Å². The van der Waals surface area contributed by atoms with Crippen molar-refractivity contribution in [3.8, 4) is 23.0 Å². The van der Waals surface area contributed by atoms with Gasteiger partial charge in [0.25, 0.3) is 5.91 Å². The Bertz CT molecular complexity index is 1320. The number of hydrogen-bond donors (Lipinski definition) is 1. The summed E-state index contributed by atoms with van der Waals surface area (Å²) in [6, 6.07) is 17.3. The van der Waals surface area contributed by atoms with E-state index in [-0.39, 0.29) is 11.9 Å². The molecule has 1 saturated heterocycles. The Balaban J connectivity index is 1.07. The van der Waals surface area contributed by atoms with E-state index < -0.39 is 0 Å². The number of fused-ring (bicyclic) bond motifs is 2. The maximum absolute atomic E-state index is 13.0. The third-order valence-electron chi connectivity index (χ3n) is 7.02. The molecule has 0 aromatic heterocycles. The van der Waals surface area contributed by atoms with Crippen molar-refractivity contribution in [3.63, 3.8) is 0 Å². The lowest BCUT2D eigenvalue weighted by Crippen LogP contribution is -2.35. The van der Waals surface area contributed by atoms with E-state index in [1.165, 1.54) is 5.56 Å². The zero-order valence-corrected chi connectivity index (χ0v) is 22.1. The number of nitrogens with two attached hydrogens (primary N) is 1. The highest BCUT2D eigenvalue weighted by molar-refractivity contribution is 6.03. The number of carbonyl (C=O) groups excluding carboxylic acids is 1. The molecule has 1 atom stereocenters. The van der Waals surface area contributed by atoms with Crippen LogP contribution in [0.15, 0.2) is 59.6 Å². The van der Waals surface area contributed by atoms with Crippen molar-refractivity contribution in [2.24, 2.45) is 4.99 Å². The van der Waals surface area contributed by atoms with Gasteiger partial charge in [-0.1, -0.05) is 17.7 Å². The predicted octanol–water partition coefficient (Wildman–Crippen LogP) is 6.63. The van der Waals surface area contributed by atoms with Gasteiger partial charge in [-0.15, -0.1) is 0 Å². The van der Waals surface area contributed by atoms with E-state index in [0.29, 0.717) is 35.9 Å². The largest absolute Gasteiger partial charge is 0.493 e. The van der Waals surface area contributed by atoms with Crippen LogP contribution in [-0.2, 0) is 0 Å². The van der Waals surface area contributed by atoms with Crippen LogP contribution in [0.3, 0.4) is 0 Å². The van der Waals surface area contributed by atoms with Gasteiger partial charge in [-0.25, -0.2) is 0 Å². The van der Waals surface area contributed by atoms with E-state index in [1.54, 1.807) is 6.07 Å². The molecule has 5 rings (SSSR count). The van der Waals surface area contributed by atoms with Gasteiger partial charge < -0.3 is 24.8 Å². The third-order valence-corrected chi connectivity index (χ3v) is 7.02. The highest BCUT2D eigenvalue weighted by Crippen LogP contribution is 2.34. The topological polar surface area (TPSA) is 86.4 Å². The summed E-state index contributed by atoms with van der Waals surface area (Å²) in [5.74, 6) is 2.92. The number of amides is 1. The summed E-state index contributed by atoms with van der Waals surface area (Å²) in [6.07, 6.45) is 6.71.